The Kier molecular flexibility index (Phi) is 3.85. The summed E-state index contributed by atoms with van der Waals surface area (Å²) < 4.78 is 23.3. The van der Waals surface area contributed by atoms with Gasteiger partial charge in [-0.1, -0.05) is 11.6 Å². The molecule has 0 N–H and O–H groups in total. The van der Waals surface area contributed by atoms with E-state index in [9.17, 15) is 4.39 Å². The van der Waals surface area contributed by atoms with E-state index >= 15 is 0 Å². The molecule has 19 heavy (non-hydrogen) atoms. The van der Waals surface area contributed by atoms with Crippen molar-refractivity contribution in [3.8, 4) is 23.0 Å². The smallest absolute Gasteiger partial charge is 0.319 e. The maximum atomic E-state index is 13.1. The lowest BCUT2D eigenvalue weighted by Gasteiger charge is -2.12. The summed E-state index contributed by atoms with van der Waals surface area (Å²) in [5.41, 5.74) is 1.87. The molecule has 0 saturated carbocycles. The van der Waals surface area contributed by atoms with Gasteiger partial charge in [0.15, 0.2) is 0 Å². The molecule has 1 aromatic carbocycles. The third-order valence-corrected chi connectivity index (χ3v) is 2.93. The lowest BCUT2D eigenvalue weighted by Crippen LogP contribution is -2.01. The Morgan fingerprint density at radius 1 is 1.16 bits per heavy atom. The maximum absolute atomic E-state index is 13.1. The molecule has 0 aliphatic heterocycles. The van der Waals surface area contributed by atoms with E-state index in [1.165, 1.54) is 26.4 Å². The first-order chi connectivity index (χ1) is 9.06. The van der Waals surface area contributed by atoms with Crippen molar-refractivity contribution in [1.82, 2.24) is 9.97 Å². The number of hydrogen-bond acceptors (Lipinski definition) is 4. The zero-order valence-corrected chi connectivity index (χ0v) is 11.5. The van der Waals surface area contributed by atoms with Crippen molar-refractivity contribution in [3.05, 3.63) is 34.7 Å². The van der Waals surface area contributed by atoms with E-state index in [-0.39, 0.29) is 11.0 Å². The van der Waals surface area contributed by atoms with Gasteiger partial charge in [-0.05, 0) is 25.1 Å². The van der Waals surface area contributed by atoms with Crippen LogP contribution in [0, 0.1) is 12.7 Å². The topological polar surface area (TPSA) is 44.2 Å². The molecule has 2 rings (SSSR count). The molecule has 0 radical (unpaired) electrons. The van der Waals surface area contributed by atoms with Crippen LogP contribution < -0.4 is 9.47 Å². The summed E-state index contributed by atoms with van der Waals surface area (Å²) in [5.74, 6) is -0.0716. The van der Waals surface area contributed by atoms with Crippen molar-refractivity contribution in [1.29, 1.82) is 0 Å². The Labute approximate surface area is 115 Å². The van der Waals surface area contributed by atoms with Gasteiger partial charge in [0.2, 0.25) is 5.88 Å². The molecular formula is C13H12ClFN2O2. The van der Waals surface area contributed by atoms with Crippen LogP contribution in [-0.2, 0) is 0 Å². The first kappa shape index (κ1) is 13.5. The number of benzene rings is 1. The Morgan fingerprint density at radius 2 is 1.89 bits per heavy atom. The summed E-state index contributed by atoms with van der Waals surface area (Å²) >= 11 is 6.06. The maximum Gasteiger partial charge on any atom is 0.319 e. The summed E-state index contributed by atoms with van der Waals surface area (Å²) in [6.45, 7) is 1.78. The molecular weight excluding hydrogens is 271 g/mol. The highest BCUT2D eigenvalue weighted by Gasteiger charge is 2.17. The minimum atomic E-state index is -0.403. The third kappa shape index (κ3) is 2.61. The van der Waals surface area contributed by atoms with Gasteiger partial charge in [0.05, 0.1) is 30.5 Å². The number of aryl methyl sites for hydroxylation is 1. The molecule has 100 valence electrons. The largest absolute Gasteiger partial charge is 0.480 e. The molecule has 1 aromatic heterocycles. The minimum Gasteiger partial charge on any atom is -0.480 e. The summed E-state index contributed by atoms with van der Waals surface area (Å²) in [6, 6.07) is 4.33. The predicted octanol–water partition coefficient (Wildman–Crippen LogP) is 3.26. The number of ether oxygens (including phenoxy) is 2. The fourth-order valence-electron chi connectivity index (χ4n) is 1.76. The quantitative estimate of drug-likeness (QED) is 0.867. The molecule has 1 heterocycles. The molecule has 0 spiro atoms. The van der Waals surface area contributed by atoms with Crippen molar-refractivity contribution in [2.45, 2.75) is 6.92 Å². The van der Waals surface area contributed by atoms with Gasteiger partial charge >= 0.3 is 6.01 Å². The van der Waals surface area contributed by atoms with Crippen LogP contribution in [0.4, 0.5) is 4.39 Å². The Hall–Kier alpha value is -1.88. The van der Waals surface area contributed by atoms with E-state index in [2.05, 4.69) is 9.97 Å². The van der Waals surface area contributed by atoms with Crippen LogP contribution in [0.25, 0.3) is 11.1 Å². The summed E-state index contributed by atoms with van der Waals surface area (Å²) in [5, 5.41) is 0.273. The van der Waals surface area contributed by atoms with Crippen LogP contribution in [0.15, 0.2) is 18.2 Å². The lowest BCUT2D eigenvalue weighted by molar-refractivity contribution is 0.352. The molecule has 0 unspecified atom stereocenters. The third-order valence-electron chi connectivity index (χ3n) is 2.61. The number of hydrogen-bond donors (Lipinski definition) is 0. The molecule has 2 aromatic rings. The van der Waals surface area contributed by atoms with Crippen LogP contribution >= 0.6 is 11.6 Å². The van der Waals surface area contributed by atoms with Gasteiger partial charge in [-0.15, -0.1) is 0 Å². The first-order valence-electron chi connectivity index (χ1n) is 5.49. The van der Waals surface area contributed by atoms with Crippen molar-refractivity contribution in [2.75, 3.05) is 14.2 Å². The van der Waals surface area contributed by atoms with Gasteiger partial charge in [0, 0.05) is 5.56 Å². The summed E-state index contributed by atoms with van der Waals surface area (Å²) in [4.78, 5) is 8.28. The van der Waals surface area contributed by atoms with Crippen LogP contribution in [0.5, 0.6) is 11.9 Å². The average molecular weight is 283 g/mol. The van der Waals surface area contributed by atoms with Crippen molar-refractivity contribution in [2.24, 2.45) is 0 Å². The second kappa shape index (κ2) is 5.40. The van der Waals surface area contributed by atoms with E-state index < -0.39 is 5.82 Å². The second-order valence-corrected chi connectivity index (χ2v) is 4.21. The highest BCUT2D eigenvalue weighted by Crippen LogP contribution is 2.36. The molecule has 0 atom stereocenters. The van der Waals surface area contributed by atoms with Crippen LogP contribution in [0.1, 0.15) is 5.69 Å². The van der Waals surface area contributed by atoms with Crippen LogP contribution in [0.2, 0.25) is 5.02 Å². The van der Waals surface area contributed by atoms with Gasteiger partial charge < -0.3 is 9.47 Å². The Bertz CT molecular complexity index is 620. The fourth-order valence-corrected chi connectivity index (χ4v) is 2.02. The molecule has 6 heteroatoms. The van der Waals surface area contributed by atoms with E-state index in [0.29, 0.717) is 22.7 Å². The molecule has 0 aliphatic rings. The fraction of sp³-hybridized carbons (Fsp3) is 0.231. The average Bonchev–Trinajstić information content (AvgIpc) is 2.39. The van der Waals surface area contributed by atoms with Crippen LogP contribution in [-0.4, -0.2) is 24.2 Å². The molecule has 0 bridgehead atoms. The monoisotopic (exact) mass is 282 g/mol. The molecule has 0 fully saturated rings. The molecule has 0 aliphatic carbocycles. The van der Waals surface area contributed by atoms with Gasteiger partial charge in [0.1, 0.15) is 5.82 Å². The summed E-state index contributed by atoms with van der Waals surface area (Å²) in [7, 11) is 2.96. The zero-order valence-electron chi connectivity index (χ0n) is 10.7. The van der Waals surface area contributed by atoms with Crippen molar-refractivity contribution >= 4 is 11.6 Å². The summed E-state index contributed by atoms with van der Waals surface area (Å²) in [6.07, 6.45) is 0. The minimum absolute atomic E-state index is 0.205. The number of rotatable bonds is 3. The van der Waals surface area contributed by atoms with Gasteiger partial charge in [-0.3, -0.25) is 0 Å². The molecule has 0 saturated heterocycles. The van der Waals surface area contributed by atoms with Crippen molar-refractivity contribution in [3.63, 3.8) is 0 Å². The van der Waals surface area contributed by atoms with Crippen molar-refractivity contribution < 1.29 is 13.9 Å². The van der Waals surface area contributed by atoms with Crippen LogP contribution in [0.3, 0.4) is 0 Å². The number of halogens is 2. The van der Waals surface area contributed by atoms with Gasteiger partial charge in [0.25, 0.3) is 0 Å². The van der Waals surface area contributed by atoms with Gasteiger partial charge in [-0.25, -0.2) is 4.39 Å². The normalized spacial score (nSPS) is 10.4. The molecule has 4 nitrogen and oxygen atoms in total. The van der Waals surface area contributed by atoms with E-state index in [1.54, 1.807) is 13.0 Å². The lowest BCUT2D eigenvalue weighted by atomic mass is 10.1. The van der Waals surface area contributed by atoms with E-state index in [0.717, 1.165) is 0 Å². The van der Waals surface area contributed by atoms with E-state index in [1.807, 2.05) is 0 Å². The second-order valence-electron chi connectivity index (χ2n) is 3.80. The Balaban J connectivity index is 2.67. The van der Waals surface area contributed by atoms with E-state index in [4.69, 9.17) is 21.1 Å². The SMILES string of the molecule is COc1nc(C)c(-c2ccc(F)cc2Cl)c(OC)n1. The number of aromatic nitrogens is 2. The highest BCUT2D eigenvalue weighted by atomic mass is 35.5. The zero-order chi connectivity index (χ0) is 14.0. The van der Waals surface area contributed by atoms with Gasteiger partial charge in [-0.2, -0.15) is 9.97 Å². The highest BCUT2D eigenvalue weighted by molar-refractivity contribution is 6.33. The molecule has 0 amide bonds. The number of methoxy groups -OCH3 is 2. The standard InChI is InChI=1S/C13H12ClFN2O2/c1-7-11(9-5-4-8(15)6-10(9)14)12(18-2)17-13(16-7)19-3/h4-6H,1-3H3. The number of nitrogens with zero attached hydrogens (tertiary/aromatic N) is 2. The Morgan fingerprint density at radius 3 is 2.47 bits per heavy atom. The predicted molar refractivity (Wildman–Crippen MR) is 70.3 cm³/mol. The first-order valence-corrected chi connectivity index (χ1v) is 5.86.